The standard InChI is InChI=1S/C22H10Cl4N4OS/c23-14-3-1-10(5-16(14)25)6-18-21(31)30-20(29)12(8-27)19(13(9-28)22(30)32-18)11-2-4-15(24)17(26)7-11/h1-7,19H,29H2/b18-6-/t19-/m1/s1. The maximum Gasteiger partial charge on any atom is 0.274 e. The van der Waals surface area contributed by atoms with Crippen LogP contribution in [0, 0.1) is 22.7 Å². The Hall–Kier alpha value is -2.71. The van der Waals surface area contributed by atoms with Crippen molar-refractivity contribution < 1.29 is 0 Å². The zero-order chi connectivity index (χ0) is 23.2. The Morgan fingerprint density at radius 2 is 1.56 bits per heavy atom. The van der Waals surface area contributed by atoms with Crippen molar-refractivity contribution >= 4 is 75.2 Å². The first-order valence-electron chi connectivity index (χ1n) is 8.94. The van der Waals surface area contributed by atoms with E-state index in [0.717, 1.165) is 11.3 Å². The van der Waals surface area contributed by atoms with Gasteiger partial charge in [-0.25, -0.2) is 0 Å². The van der Waals surface area contributed by atoms with Crippen molar-refractivity contribution in [2.75, 3.05) is 0 Å². The average Bonchev–Trinajstić information content (AvgIpc) is 3.08. The number of hydrogen-bond donors (Lipinski definition) is 1. The minimum Gasteiger partial charge on any atom is -0.384 e. The molecule has 32 heavy (non-hydrogen) atoms. The molecule has 2 N–H and O–H groups in total. The highest BCUT2D eigenvalue weighted by Crippen LogP contribution is 2.37. The summed E-state index contributed by atoms with van der Waals surface area (Å²) < 4.78 is 1.86. The molecule has 1 aromatic heterocycles. The Balaban J connectivity index is 2.04. The molecule has 158 valence electrons. The molecule has 2 heterocycles. The van der Waals surface area contributed by atoms with Crippen LogP contribution in [0.15, 0.2) is 46.8 Å². The van der Waals surface area contributed by atoms with Gasteiger partial charge >= 0.3 is 0 Å². The van der Waals surface area contributed by atoms with E-state index in [4.69, 9.17) is 52.1 Å². The van der Waals surface area contributed by atoms with Crippen LogP contribution < -0.4 is 20.5 Å². The monoisotopic (exact) mass is 518 g/mol. The number of benzene rings is 2. The van der Waals surface area contributed by atoms with Crippen molar-refractivity contribution in [3.8, 4) is 12.1 Å². The molecule has 5 nitrogen and oxygen atoms in total. The molecule has 0 radical (unpaired) electrons. The van der Waals surface area contributed by atoms with Crippen LogP contribution in [0.25, 0.3) is 17.5 Å². The SMILES string of the molecule is N#CC1=C(N)n2c(s/c(=C\c3ccc(Cl)c(Cl)c3)c2=O)=C(C#N)[C@@H]1c1ccc(Cl)c(Cl)c1. The van der Waals surface area contributed by atoms with Crippen LogP contribution in [-0.4, -0.2) is 4.57 Å². The van der Waals surface area contributed by atoms with Gasteiger partial charge in [0.15, 0.2) is 0 Å². The molecule has 0 saturated carbocycles. The molecule has 3 aromatic rings. The predicted molar refractivity (Wildman–Crippen MR) is 129 cm³/mol. The number of nitrogens with two attached hydrogens (primary N) is 1. The molecular formula is C22H10Cl4N4OS. The molecular weight excluding hydrogens is 510 g/mol. The van der Waals surface area contributed by atoms with Crippen LogP contribution >= 0.6 is 57.7 Å². The van der Waals surface area contributed by atoms with Gasteiger partial charge in [0, 0.05) is 0 Å². The average molecular weight is 520 g/mol. The molecule has 1 atom stereocenters. The summed E-state index contributed by atoms with van der Waals surface area (Å²) in [6, 6.07) is 14.0. The Bertz CT molecular complexity index is 1590. The lowest BCUT2D eigenvalue weighted by atomic mass is 9.84. The molecule has 1 aliphatic rings. The van der Waals surface area contributed by atoms with Gasteiger partial charge in [0.25, 0.3) is 5.56 Å². The summed E-state index contributed by atoms with van der Waals surface area (Å²) in [6.07, 6.45) is 1.63. The molecule has 0 saturated heterocycles. The van der Waals surface area contributed by atoms with Gasteiger partial charge in [-0.2, -0.15) is 10.5 Å². The number of halogens is 4. The number of nitriles is 2. The highest BCUT2D eigenvalue weighted by atomic mass is 35.5. The predicted octanol–water partition coefficient (Wildman–Crippen LogP) is 4.47. The third-order valence-electron chi connectivity index (χ3n) is 4.91. The van der Waals surface area contributed by atoms with Crippen molar-refractivity contribution in [3.05, 3.63) is 92.7 Å². The minimum atomic E-state index is -0.782. The lowest BCUT2D eigenvalue weighted by molar-refractivity contribution is 0.906. The van der Waals surface area contributed by atoms with Gasteiger partial charge < -0.3 is 5.73 Å². The van der Waals surface area contributed by atoms with Gasteiger partial charge in [-0.15, -0.1) is 11.3 Å². The van der Waals surface area contributed by atoms with Gasteiger partial charge in [0.1, 0.15) is 10.5 Å². The Morgan fingerprint density at radius 1 is 0.938 bits per heavy atom. The van der Waals surface area contributed by atoms with Crippen LogP contribution in [-0.2, 0) is 0 Å². The third kappa shape index (κ3) is 3.71. The minimum absolute atomic E-state index is 0.0346. The van der Waals surface area contributed by atoms with E-state index in [1.165, 1.54) is 4.57 Å². The number of fused-ring (bicyclic) bond motifs is 1. The topological polar surface area (TPSA) is 95.6 Å². The van der Waals surface area contributed by atoms with E-state index in [0.29, 0.717) is 35.4 Å². The number of nitrogens with zero attached hydrogens (tertiary/aromatic N) is 3. The maximum absolute atomic E-state index is 13.1. The normalized spacial score (nSPS) is 16.0. The fourth-order valence-corrected chi connectivity index (χ4v) is 5.17. The van der Waals surface area contributed by atoms with Gasteiger partial charge in [-0.05, 0) is 41.5 Å². The summed E-state index contributed by atoms with van der Waals surface area (Å²) in [7, 11) is 0. The highest BCUT2D eigenvalue weighted by Gasteiger charge is 2.32. The van der Waals surface area contributed by atoms with Crippen LogP contribution in [0.2, 0.25) is 20.1 Å². The van der Waals surface area contributed by atoms with Crippen LogP contribution in [0.3, 0.4) is 0 Å². The quantitative estimate of drug-likeness (QED) is 0.540. The number of rotatable bonds is 2. The number of thiazole rings is 1. The summed E-state index contributed by atoms with van der Waals surface area (Å²) in [6.45, 7) is 0. The molecule has 0 spiro atoms. The van der Waals surface area contributed by atoms with Crippen LogP contribution in [0.4, 0.5) is 0 Å². The summed E-state index contributed by atoms with van der Waals surface area (Å²) in [4.78, 5) is 13.1. The number of hydrogen-bond acceptors (Lipinski definition) is 5. The zero-order valence-electron chi connectivity index (χ0n) is 15.9. The lowest BCUT2D eigenvalue weighted by Crippen LogP contribution is -2.38. The van der Waals surface area contributed by atoms with Gasteiger partial charge in [0.05, 0.1) is 53.8 Å². The largest absolute Gasteiger partial charge is 0.384 e. The summed E-state index contributed by atoms with van der Waals surface area (Å²) in [5.74, 6) is -0.816. The molecule has 4 rings (SSSR count). The van der Waals surface area contributed by atoms with Gasteiger partial charge in [-0.1, -0.05) is 58.5 Å². The molecule has 0 aliphatic carbocycles. The summed E-state index contributed by atoms with van der Waals surface area (Å²) >= 11 is 25.3. The van der Waals surface area contributed by atoms with E-state index >= 15 is 0 Å². The van der Waals surface area contributed by atoms with E-state index in [1.54, 1.807) is 42.5 Å². The molecule has 2 aromatic carbocycles. The lowest BCUT2D eigenvalue weighted by Gasteiger charge is -2.22. The first kappa shape index (κ1) is 22.5. The van der Waals surface area contributed by atoms with Gasteiger partial charge in [-0.3, -0.25) is 9.36 Å². The second kappa shape index (κ2) is 8.67. The van der Waals surface area contributed by atoms with Crippen molar-refractivity contribution in [3.63, 3.8) is 0 Å². The molecule has 0 bridgehead atoms. The summed E-state index contributed by atoms with van der Waals surface area (Å²) in [5.41, 5.74) is 7.32. The van der Waals surface area contributed by atoms with E-state index in [1.807, 2.05) is 0 Å². The second-order valence-corrected chi connectivity index (χ2v) is 9.43. The summed E-state index contributed by atoms with van der Waals surface area (Å²) in [5, 5.41) is 21.2. The van der Waals surface area contributed by atoms with Crippen molar-refractivity contribution in [2.24, 2.45) is 5.73 Å². The zero-order valence-corrected chi connectivity index (χ0v) is 19.7. The van der Waals surface area contributed by atoms with Crippen molar-refractivity contribution in [2.45, 2.75) is 5.92 Å². The number of aromatic nitrogens is 1. The van der Waals surface area contributed by atoms with E-state index < -0.39 is 11.5 Å². The van der Waals surface area contributed by atoms with E-state index in [2.05, 4.69) is 12.1 Å². The molecule has 10 heteroatoms. The maximum atomic E-state index is 13.1. The third-order valence-corrected chi connectivity index (χ3v) is 7.49. The van der Waals surface area contributed by atoms with Crippen molar-refractivity contribution in [1.82, 2.24) is 4.57 Å². The van der Waals surface area contributed by atoms with Crippen molar-refractivity contribution in [1.29, 1.82) is 10.5 Å². The smallest absolute Gasteiger partial charge is 0.274 e. The first-order chi connectivity index (χ1) is 15.3. The van der Waals surface area contributed by atoms with Crippen LogP contribution in [0.1, 0.15) is 17.0 Å². The fraction of sp³-hybridized carbons (Fsp3) is 0.0455. The van der Waals surface area contributed by atoms with Crippen LogP contribution in [0.5, 0.6) is 0 Å². The Labute approximate surface area is 206 Å². The molecule has 1 aliphatic heterocycles. The van der Waals surface area contributed by atoms with E-state index in [9.17, 15) is 15.3 Å². The Kier molecular flexibility index (Phi) is 6.09. The second-order valence-electron chi connectivity index (χ2n) is 6.77. The highest BCUT2D eigenvalue weighted by molar-refractivity contribution is 7.07. The molecule has 0 fully saturated rings. The van der Waals surface area contributed by atoms with E-state index in [-0.39, 0.29) is 22.0 Å². The first-order valence-corrected chi connectivity index (χ1v) is 11.3. The number of allylic oxidation sites excluding steroid dienone is 1. The van der Waals surface area contributed by atoms with Gasteiger partial charge in [0.2, 0.25) is 0 Å². The molecule has 0 amide bonds. The fourth-order valence-electron chi connectivity index (χ4n) is 3.43. The molecule has 0 unspecified atom stereocenters. The Morgan fingerprint density at radius 3 is 2.16 bits per heavy atom.